The van der Waals surface area contributed by atoms with Gasteiger partial charge in [0.2, 0.25) is 5.95 Å². The predicted octanol–water partition coefficient (Wildman–Crippen LogP) is -1.41. The second-order valence-electron chi connectivity index (χ2n) is 6.73. The molecule has 0 saturated carbocycles. The van der Waals surface area contributed by atoms with Gasteiger partial charge in [-0.15, -0.1) is 0 Å². The first-order valence-electron chi connectivity index (χ1n) is 9.37. The van der Waals surface area contributed by atoms with Crippen molar-refractivity contribution < 1.29 is 35.5 Å². The molecule has 0 aliphatic rings. The van der Waals surface area contributed by atoms with Crippen LogP contribution in [0, 0.1) is 0 Å². The third kappa shape index (κ3) is 6.94. The van der Waals surface area contributed by atoms with Crippen molar-refractivity contribution in [2.24, 2.45) is 0 Å². The van der Waals surface area contributed by atoms with Crippen LogP contribution in [0.4, 0.5) is 17.5 Å². The van der Waals surface area contributed by atoms with E-state index in [4.69, 9.17) is 21.7 Å². The second kappa shape index (κ2) is 11.8. The Morgan fingerprint density at radius 2 is 1.68 bits per heavy atom. The lowest BCUT2D eigenvalue weighted by Gasteiger charge is -2.14. The van der Waals surface area contributed by atoms with Gasteiger partial charge in [0, 0.05) is 17.7 Å². The Kier molecular flexibility index (Phi) is 9.54. The summed E-state index contributed by atoms with van der Waals surface area (Å²) in [6.07, 6.45) is 0.931. The zero-order chi connectivity index (χ0) is 23.3. The molecule has 0 aliphatic heterocycles. The van der Waals surface area contributed by atoms with Crippen LogP contribution in [0.3, 0.4) is 0 Å². The molecule has 1 atom stereocenters. The molecule has 0 unspecified atom stereocenters. The van der Waals surface area contributed by atoms with Gasteiger partial charge in [0.05, 0.1) is 18.4 Å². The monoisotopic (exact) mass is 476 g/mol. The highest BCUT2D eigenvalue weighted by Gasteiger charge is 2.21. The van der Waals surface area contributed by atoms with Crippen molar-refractivity contribution >= 4 is 46.5 Å². The number of aromatic nitrogens is 4. The Balaban J connectivity index is 0.00000289. The number of carboxylic acid groups (broad SMARTS) is 2. The van der Waals surface area contributed by atoms with Crippen LogP contribution in [-0.2, 0) is 16.1 Å². The Hall–Kier alpha value is -4.63. The highest BCUT2D eigenvalue weighted by Crippen LogP contribution is 2.16. The van der Waals surface area contributed by atoms with E-state index in [1.807, 2.05) is 0 Å². The lowest BCUT2D eigenvalue weighted by molar-refractivity contribution is -0.140. The van der Waals surface area contributed by atoms with Crippen LogP contribution in [0.2, 0.25) is 0 Å². The fourth-order valence-corrected chi connectivity index (χ4v) is 2.77. The van der Waals surface area contributed by atoms with Crippen LogP contribution in [0.25, 0.3) is 11.2 Å². The van der Waals surface area contributed by atoms with E-state index >= 15 is 0 Å². The van der Waals surface area contributed by atoms with Crippen LogP contribution in [0.5, 0.6) is 0 Å². The third-order valence-corrected chi connectivity index (χ3v) is 4.37. The lowest BCUT2D eigenvalue weighted by atomic mass is 10.1. The highest BCUT2D eigenvalue weighted by atomic mass is 16.4. The summed E-state index contributed by atoms with van der Waals surface area (Å²) >= 11 is 0. The Labute approximate surface area is 191 Å². The van der Waals surface area contributed by atoms with E-state index in [2.05, 4.69) is 30.6 Å². The molecule has 3 aromatic rings. The molecule has 15 heteroatoms. The second-order valence-corrected chi connectivity index (χ2v) is 6.73. The normalized spacial score (nSPS) is 10.9. The fraction of sp³-hybridized carbons (Fsp3) is 0.211. The van der Waals surface area contributed by atoms with Crippen LogP contribution in [0.15, 0.2) is 30.5 Å². The molecule has 182 valence electrons. The molecule has 0 fully saturated rings. The molecule has 15 nitrogen and oxygen atoms in total. The smallest absolute Gasteiger partial charge is 0.326 e. The number of carbonyl (C=O) groups excluding carboxylic acids is 1. The summed E-state index contributed by atoms with van der Waals surface area (Å²) in [6, 6.07) is 4.99. The first-order chi connectivity index (χ1) is 15.2. The number of fused-ring (bicyclic) bond motifs is 1. The average molecular weight is 476 g/mol. The summed E-state index contributed by atoms with van der Waals surface area (Å²) in [5.74, 6) is -2.93. The van der Waals surface area contributed by atoms with E-state index in [0.29, 0.717) is 23.4 Å². The molecule has 0 bridgehead atoms. The maximum Gasteiger partial charge on any atom is 0.326 e. The summed E-state index contributed by atoms with van der Waals surface area (Å²) < 4.78 is 0. The number of nitrogens with one attached hydrogen (secondary N) is 2. The van der Waals surface area contributed by atoms with Gasteiger partial charge in [0.1, 0.15) is 6.04 Å². The summed E-state index contributed by atoms with van der Waals surface area (Å²) in [7, 11) is 0. The Morgan fingerprint density at radius 3 is 2.29 bits per heavy atom. The van der Waals surface area contributed by atoms with E-state index in [9.17, 15) is 14.4 Å². The van der Waals surface area contributed by atoms with Gasteiger partial charge in [-0.25, -0.2) is 14.8 Å². The third-order valence-electron chi connectivity index (χ3n) is 4.37. The summed E-state index contributed by atoms with van der Waals surface area (Å²) in [5.41, 5.74) is 13.4. The first-order valence-corrected chi connectivity index (χ1v) is 9.37. The number of carboxylic acids is 2. The molecular formula is C19H24N8O7. The quantitative estimate of drug-likeness (QED) is 0.208. The van der Waals surface area contributed by atoms with Gasteiger partial charge in [-0.05, 0) is 30.7 Å². The van der Waals surface area contributed by atoms with E-state index in [-0.39, 0.29) is 46.8 Å². The molecule has 0 radical (unpaired) electrons. The Morgan fingerprint density at radius 1 is 1.00 bits per heavy atom. The van der Waals surface area contributed by atoms with Crippen molar-refractivity contribution in [3.63, 3.8) is 0 Å². The molecule has 12 N–H and O–H groups in total. The lowest BCUT2D eigenvalue weighted by Crippen LogP contribution is -2.41. The maximum absolute atomic E-state index is 12.3. The van der Waals surface area contributed by atoms with E-state index in [0.717, 1.165) is 0 Å². The number of nitrogens with zero attached hydrogens (tertiary/aromatic N) is 4. The molecule has 0 aliphatic carbocycles. The van der Waals surface area contributed by atoms with Crippen molar-refractivity contribution in [2.45, 2.75) is 25.4 Å². The molecule has 2 heterocycles. The minimum atomic E-state index is -1.30. The zero-order valence-corrected chi connectivity index (χ0v) is 17.6. The summed E-state index contributed by atoms with van der Waals surface area (Å²) in [5, 5.41) is 23.3. The number of amides is 1. The van der Waals surface area contributed by atoms with Gasteiger partial charge in [-0.2, -0.15) is 9.97 Å². The van der Waals surface area contributed by atoms with Crippen LogP contribution >= 0.6 is 0 Å². The Bertz CT molecular complexity index is 1170. The predicted molar refractivity (Wildman–Crippen MR) is 121 cm³/mol. The number of hydrogen-bond donors (Lipinski definition) is 6. The number of carbonyl (C=O) groups is 3. The molecule has 0 saturated heterocycles. The van der Waals surface area contributed by atoms with Gasteiger partial charge in [0.15, 0.2) is 17.0 Å². The standard InChI is InChI=1S/C19H20N8O5.2H2O/c20-15-14-16(27-19(21)26-15)23-8-11(24-14)7-22-10-3-1-9(2-4-10)17(30)25-12(18(31)32)5-6-13(28)29;;/h1-4,8,12,22H,5-7H2,(H,25,30)(H,28,29)(H,31,32)(H4,20,21,23,26,27);2*1H2/t12-;;/m0../s1. The van der Waals surface area contributed by atoms with Crippen LogP contribution in [0.1, 0.15) is 28.9 Å². The van der Waals surface area contributed by atoms with Crippen molar-refractivity contribution in [1.29, 1.82) is 0 Å². The maximum atomic E-state index is 12.3. The van der Waals surface area contributed by atoms with Crippen molar-refractivity contribution in [3.8, 4) is 0 Å². The van der Waals surface area contributed by atoms with Crippen LogP contribution < -0.4 is 22.1 Å². The number of rotatable bonds is 9. The SMILES string of the molecule is Nc1nc(N)c2nc(CNc3ccc(C(=O)N[C@@H](CCC(=O)O)C(=O)O)cc3)cnc2n1.O.O. The van der Waals surface area contributed by atoms with Gasteiger partial charge < -0.3 is 43.3 Å². The highest BCUT2D eigenvalue weighted by molar-refractivity contribution is 5.97. The summed E-state index contributed by atoms with van der Waals surface area (Å²) in [4.78, 5) is 50.5. The molecule has 2 aromatic heterocycles. The fourth-order valence-electron chi connectivity index (χ4n) is 2.77. The molecule has 34 heavy (non-hydrogen) atoms. The number of anilines is 3. The van der Waals surface area contributed by atoms with Gasteiger partial charge in [0.25, 0.3) is 5.91 Å². The number of benzene rings is 1. The van der Waals surface area contributed by atoms with Gasteiger partial charge >= 0.3 is 11.9 Å². The van der Waals surface area contributed by atoms with Gasteiger partial charge in [-0.1, -0.05) is 0 Å². The van der Waals surface area contributed by atoms with E-state index < -0.39 is 23.9 Å². The van der Waals surface area contributed by atoms with Crippen molar-refractivity contribution in [1.82, 2.24) is 25.3 Å². The average Bonchev–Trinajstić information content (AvgIpc) is 2.75. The molecule has 1 aromatic carbocycles. The topological polar surface area (TPSA) is 282 Å². The number of nitrogens with two attached hydrogens (primary N) is 2. The van der Waals surface area contributed by atoms with E-state index in [1.165, 1.54) is 18.3 Å². The largest absolute Gasteiger partial charge is 0.481 e. The van der Waals surface area contributed by atoms with Crippen LogP contribution in [-0.4, -0.2) is 65.0 Å². The molecule has 3 rings (SSSR count). The molecule has 0 spiro atoms. The van der Waals surface area contributed by atoms with Crippen molar-refractivity contribution in [2.75, 3.05) is 16.8 Å². The minimum absolute atomic E-state index is 0. The molecular weight excluding hydrogens is 452 g/mol. The minimum Gasteiger partial charge on any atom is -0.481 e. The van der Waals surface area contributed by atoms with Crippen molar-refractivity contribution in [3.05, 3.63) is 41.7 Å². The zero-order valence-electron chi connectivity index (χ0n) is 17.6. The molecule has 1 amide bonds. The number of aliphatic carboxylic acids is 2. The van der Waals surface area contributed by atoms with E-state index in [1.54, 1.807) is 12.1 Å². The first kappa shape index (κ1) is 27.4. The number of nitrogen functional groups attached to an aromatic ring is 2. The van der Waals surface area contributed by atoms with Gasteiger partial charge in [-0.3, -0.25) is 9.59 Å². The number of hydrogen-bond acceptors (Lipinski definition) is 10. The summed E-state index contributed by atoms with van der Waals surface area (Å²) in [6.45, 7) is 0.300.